The average molecular weight is 261 g/mol. The number of carbonyl (C=O) groups excluding carboxylic acids is 1. The Kier molecular flexibility index (Phi) is 4.07. The molecule has 0 aliphatic carbocycles. The Morgan fingerprint density at radius 1 is 1.47 bits per heavy atom. The van der Waals surface area contributed by atoms with E-state index in [2.05, 4.69) is 15.9 Å². The molecule has 1 aromatic heterocycles. The van der Waals surface area contributed by atoms with Gasteiger partial charge in [-0.1, -0.05) is 5.92 Å². The SMILES string of the molecule is C#CCN1CCN(C(=O)c2nn(CC)cc2N)CC1. The van der Waals surface area contributed by atoms with Crippen molar-refractivity contribution in [2.45, 2.75) is 13.5 Å². The molecule has 0 saturated carbocycles. The smallest absolute Gasteiger partial charge is 0.276 e. The highest BCUT2D eigenvalue weighted by molar-refractivity contribution is 5.97. The standard InChI is InChI=1S/C13H19N5O/c1-3-5-16-6-8-17(9-7-16)13(19)12-11(14)10-18(4-2)15-12/h1,10H,4-9,14H2,2H3. The summed E-state index contributed by atoms with van der Waals surface area (Å²) >= 11 is 0. The number of nitrogens with two attached hydrogens (primary N) is 1. The van der Waals surface area contributed by atoms with Gasteiger partial charge in [-0.15, -0.1) is 6.42 Å². The average Bonchev–Trinajstić information content (AvgIpc) is 2.80. The molecule has 19 heavy (non-hydrogen) atoms. The number of anilines is 1. The zero-order valence-corrected chi connectivity index (χ0v) is 11.2. The van der Waals surface area contributed by atoms with E-state index >= 15 is 0 Å². The van der Waals surface area contributed by atoms with Crippen LogP contribution in [-0.2, 0) is 6.54 Å². The van der Waals surface area contributed by atoms with Crippen LogP contribution in [-0.4, -0.2) is 58.2 Å². The molecule has 2 heterocycles. The molecular formula is C13H19N5O. The largest absolute Gasteiger partial charge is 0.396 e. The van der Waals surface area contributed by atoms with Crippen molar-refractivity contribution in [1.82, 2.24) is 19.6 Å². The van der Waals surface area contributed by atoms with Gasteiger partial charge in [-0.25, -0.2) is 0 Å². The third kappa shape index (κ3) is 2.88. The van der Waals surface area contributed by atoms with Gasteiger partial charge in [0.25, 0.3) is 5.91 Å². The van der Waals surface area contributed by atoms with Crippen molar-refractivity contribution in [3.8, 4) is 12.3 Å². The summed E-state index contributed by atoms with van der Waals surface area (Å²) in [6, 6.07) is 0. The number of amides is 1. The van der Waals surface area contributed by atoms with Crippen LogP contribution < -0.4 is 5.73 Å². The van der Waals surface area contributed by atoms with Crippen LogP contribution in [0.2, 0.25) is 0 Å². The minimum Gasteiger partial charge on any atom is -0.396 e. The number of hydrogen-bond donors (Lipinski definition) is 1. The first-order chi connectivity index (χ1) is 9.15. The Hall–Kier alpha value is -2.00. The van der Waals surface area contributed by atoms with Gasteiger partial charge in [-0.05, 0) is 6.92 Å². The molecule has 0 radical (unpaired) electrons. The first kappa shape index (κ1) is 13.4. The first-order valence-electron chi connectivity index (χ1n) is 6.43. The summed E-state index contributed by atoms with van der Waals surface area (Å²) in [5, 5.41) is 4.21. The fraction of sp³-hybridized carbons (Fsp3) is 0.538. The lowest BCUT2D eigenvalue weighted by Gasteiger charge is -2.33. The zero-order chi connectivity index (χ0) is 13.8. The molecule has 0 spiro atoms. The van der Waals surface area contributed by atoms with Crippen molar-refractivity contribution < 1.29 is 4.79 Å². The van der Waals surface area contributed by atoms with E-state index < -0.39 is 0 Å². The van der Waals surface area contributed by atoms with Gasteiger partial charge in [0.2, 0.25) is 0 Å². The quantitative estimate of drug-likeness (QED) is 0.770. The van der Waals surface area contributed by atoms with E-state index in [1.807, 2.05) is 6.92 Å². The van der Waals surface area contributed by atoms with E-state index in [1.54, 1.807) is 15.8 Å². The predicted molar refractivity (Wildman–Crippen MR) is 73.5 cm³/mol. The minimum atomic E-state index is -0.0925. The minimum absolute atomic E-state index is 0.0925. The highest BCUT2D eigenvalue weighted by Crippen LogP contribution is 2.13. The van der Waals surface area contributed by atoms with E-state index in [0.717, 1.165) is 13.1 Å². The van der Waals surface area contributed by atoms with Gasteiger partial charge < -0.3 is 10.6 Å². The molecule has 0 aromatic carbocycles. The van der Waals surface area contributed by atoms with E-state index in [1.165, 1.54) is 0 Å². The second kappa shape index (κ2) is 5.76. The summed E-state index contributed by atoms with van der Waals surface area (Å²) in [7, 11) is 0. The van der Waals surface area contributed by atoms with Crippen LogP contribution in [0.25, 0.3) is 0 Å². The molecule has 0 unspecified atom stereocenters. The van der Waals surface area contributed by atoms with Crippen LogP contribution in [0.4, 0.5) is 5.69 Å². The summed E-state index contributed by atoms with van der Waals surface area (Å²) in [6.45, 7) is 6.22. The number of nitrogens with zero attached hydrogens (tertiary/aromatic N) is 4. The number of aromatic nitrogens is 2. The second-order valence-electron chi connectivity index (χ2n) is 4.56. The molecule has 1 aliphatic heterocycles. The summed E-state index contributed by atoms with van der Waals surface area (Å²) in [5.41, 5.74) is 6.63. The number of nitrogen functional groups attached to an aromatic ring is 1. The van der Waals surface area contributed by atoms with Gasteiger partial charge >= 0.3 is 0 Å². The van der Waals surface area contributed by atoms with Crippen molar-refractivity contribution in [1.29, 1.82) is 0 Å². The maximum atomic E-state index is 12.3. The number of aryl methyl sites for hydroxylation is 1. The van der Waals surface area contributed by atoms with Crippen LogP contribution in [0.1, 0.15) is 17.4 Å². The number of rotatable bonds is 3. The fourth-order valence-corrected chi connectivity index (χ4v) is 2.15. The highest BCUT2D eigenvalue weighted by atomic mass is 16.2. The van der Waals surface area contributed by atoms with Crippen LogP contribution in [0.15, 0.2) is 6.20 Å². The van der Waals surface area contributed by atoms with Crippen LogP contribution in [0, 0.1) is 12.3 Å². The second-order valence-corrected chi connectivity index (χ2v) is 4.56. The van der Waals surface area contributed by atoms with E-state index in [4.69, 9.17) is 12.2 Å². The molecule has 2 rings (SSSR count). The molecule has 102 valence electrons. The number of terminal acetylenes is 1. The molecule has 1 amide bonds. The molecule has 6 heteroatoms. The summed E-state index contributed by atoms with van der Waals surface area (Å²) in [5.74, 6) is 2.53. The number of carbonyl (C=O) groups is 1. The van der Waals surface area contributed by atoms with Crippen molar-refractivity contribution >= 4 is 11.6 Å². The number of piperazine rings is 1. The fourth-order valence-electron chi connectivity index (χ4n) is 2.15. The molecule has 1 aromatic rings. The zero-order valence-electron chi connectivity index (χ0n) is 11.2. The summed E-state index contributed by atoms with van der Waals surface area (Å²) in [4.78, 5) is 16.3. The van der Waals surface area contributed by atoms with Gasteiger partial charge in [0.05, 0.1) is 12.2 Å². The van der Waals surface area contributed by atoms with Gasteiger partial charge in [0.15, 0.2) is 5.69 Å². The lowest BCUT2D eigenvalue weighted by molar-refractivity contribution is 0.0646. The lowest BCUT2D eigenvalue weighted by Crippen LogP contribution is -2.48. The predicted octanol–water partition coefficient (Wildman–Crippen LogP) is -0.124. The molecule has 1 fully saturated rings. The van der Waals surface area contributed by atoms with E-state index in [0.29, 0.717) is 37.6 Å². The lowest BCUT2D eigenvalue weighted by atomic mass is 10.2. The van der Waals surface area contributed by atoms with Gasteiger partial charge in [0, 0.05) is 38.9 Å². The van der Waals surface area contributed by atoms with Crippen molar-refractivity contribution in [2.24, 2.45) is 0 Å². The molecular weight excluding hydrogens is 242 g/mol. The Labute approximate surface area is 113 Å². The Bertz CT molecular complexity index is 494. The molecule has 1 aliphatic rings. The van der Waals surface area contributed by atoms with Crippen LogP contribution in [0.3, 0.4) is 0 Å². The number of hydrogen-bond acceptors (Lipinski definition) is 4. The Morgan fingerprint density at radius 3 is 2.68 bits per heavy atom. The first-order valence-corrected chi connectivity index (χ1v) is 6.43. The molecule has 2 N–H and O–H groups in total. The van der Waals surface area contributed by atoms with Crippen LogP contribution >= 0.6 is 0 Å². The normalized spacial score (nSPS) is 16.3. The summed E-state index contributed by atoms with van der Waals surface area (Å²) < 4.78 is 1.68. The van der Waals surface area contributed by atoms with Crippen molar-refractivity contribution in [3.63, 3.8) is 0 Å². The summed E-state index contributed by atoms with van der Waals surface area (Å²) in [6.07, 6.45) is 6.98. The van der Waals surface area contributed by atoms with Gasteiger partial charge in [0.1, 0.15) is 0 Å². The monoisotopic (exact) mass is 261 g/mol. The molecule has 0 atom stereocenters. The molecule has 1 saturated heterocycles. The molecule has 0 bridgehead atoms. The third-order valence-electron chi connectivity index (χ3n) is 3.29. The highest BCUT2D eigenvalue weighted by Gasteiger charge is 2.25. The topological polar surface area (TPSA) is 67.4 Å². The van der Waals surface area contributed by atoms with Crippen LogP contribution in [0.5, 0.6) is 0 Å². The van der Waals surface area contributed by atoms with Crippen molar-refractivity contribution in [3.05, 3.63) is 11.9 Å². The van der Waals surface area contributed by atoms with Crippen molar-refractivity contribution in [2.75, 3.05) is 38.5 Å². The van der Waals surface area contributed by atoms with E-state index in [9.17, 15) is 4.79 Å². The Balaban J connectivity index is 2.01. The van der Waals surface area contributed by atoms with E-state index in [-0.39, 0.29) is 5.91 Å². The maximum absolute atomic E-state index is 12.3. The third-order valence-corrected chi connectivity index (χ3v) is 3.29. The Morgan fingerprint density at radius 2 is 2.16 bits per heavy atom. The molecule has 6 nitrogen and oxygen atoms in total. The van der Waals surface area contributed by atoms with Gasteiger partial charge in [-0.3, -0.25) is 14.4 Å². The maximum Gasteiger partial charge on any atom is 0.276 e. The van der Waals surface area contributed by atoms with Gasteiger partial charge in [-0.2, -0.15) is 5.10 Å².